The van der Waals surface area contributed by atoms with Crippen LogP contribution in [0.1, 0.15) is 51.8 Å². The van der Waals surface area contributed by atoms with E-state index >= 15 is 0 Å². The molecule has 1 aliphatic heterocycles. The molecular weight excluding hydrogens is 264 g/mol. The van der Waals surface area contributed by atoms with Crippen LogP contribution >= 0.6 is 0 Å². The molecule has 0 spiro atoms. The van der Waals surface area contributed by atoms with Crippen molar-refractivity contribution < 1.29 is 9.53 Å². The molecule has 2 rings (SSSR count). The van der Waals surface area contributed by atoms with Crippen molar-refractivity contribution in [1.29, 1.82) is 0 Å². The van der Waals surface area contributed by atoms with E-state index in [1.165, 1.54) is 6.42 Å². The third-order valence-corrected chi connectivity index (χ3v) is 3.88. The molecule has 1 aromatic carbocycles. The zero-order valence-electron chi connectivity index (χ0n) is 13.3. The normalized spacial score (nSPS) is 21.9. The SMILES string of the molecule is CCCCCN1C(=O)C(C)NC1c1ccc(OCC)cc1. The van der Waals surface area contributed by atoms with Gasteiger partial charge >= 0.3 is 0 Å². The van der Waals surface area contributed by atoms with Gasteiger partial charge in [-0.25, -0.2) is 0 Å². The van der Waals surface area contributed by atoms with Crippen LogP contribution in [0.25, 0.3) is 0 Å². The van der Waals surface area contributed by atoms with E-state index in [0.717, 1.165) is 30.7 Å². The van der Waals surface area contributed by atoms with E-state index in [1.807, 2.05) is 43.0 Å². The van der Waals surface area contributed by atoms with Gasteiger partial charge in [0.15, 0.2) is 0 Å². The van der Waals surface area contributed by atoms with E-state index in [1.54, 1.807) is 0 Å². The molecule has 1 heterocycles. The summed E-state index contributed by atoms with van der Waals surface area (Å²) in [5.74, 6) is 1.07. The van der Waals surface area contributed by atoms with Gasteiger partial charge in [0.1, 0.15) is 11.9 Å². The predicted octanol–water partition coefficient (Wildman–Crippen LogP) is 3.09. The lowest BCUT2D eigenvalue weighted by molar-refractivity contribution is -0.129. The van der Waals surface area contributed by atoms with Crippen LogP contribution in [-0.2, 0) is 4.79 Å². The van der Waals surface area contributed by atoms with Gasteiger partial charge in [-0.15, -0.1) is 0 Å². The van der Waals surface area contributed by atoms with Crippen molar-refractivity contribution in [1.82, 2.24) is 10.2 Å². The van der Waals surface area contributed by atoms with Crippen LogP contribution in [0, 0.1) is 0 Å². The second-order valence-corrected chi connectivity index (χ2v) is 5.53. The lowest BCUT2D eigenvalue weighted by atomic mass is 10.1. The van der Waals surface area contributed by atoms with Crippen LogP contribution < -0.4 is 10.1 Å². The molecule has 1 aromatic rings. The third kappa shape index (κ3) is 3.76. The molecular formula is C17H26N2O2. The predicted molar refractivity (Wildman–Crippen MR) is 84.2 cm³/mol. The molecule has 4 heteroatoms. The molecule has 116 valence electrons. The largest absolute Gasteiger partial charge is 0.494 e. The van der Waals surface area contributed by atoms with E-state index in [2.05, 4.69) is 12.2 Å². The summed E-state index contributed by atoms with van der Waals surface area (Å²) in [6.45, 7) is 7.57. The van der Waals surface area contributed by atoms with Crippen LogP contribution in [-0.4, -0.2) is 30.0 Å². The average molecular weight is 290 g/mol. The number of hydrogen-bond donors (Lipinski definition) is 1. The Morgan fingerprint density at radius 2 is 1.90 bits per heavy atom. The van der Waals surface area contributed by atoms with Crippen molar-refractivity contribution in [3.63, 3.8) is 0 Å². The van der Waals surface area contributed by atoms with Gasteiger partial charge in [0.25, 0.3) is 0 Å². The van der Waals surface area contributed by atoms with E-state index in [9.17, 15) is 4.79 Å². The van der Waals surface area contributed by atoms with Crippen molar-refractivity contribution >= 4 is 5.91 Å². The Labute approximate surface area is 127 Å². The van der Waals surface area contributed by atoms with Crippen LogP contribution in [0.5, 0.6) is 5.75 Å². The van der Waals surface area contributed by atoms with Gasteiger partial charge in [0, 0.05) is 6.54 Å². The zero-order valence-corrected chi connectivity index (χ0v) is 13.3. The molecule has 4 nitrogen and oxygen atoms in total. The number of amides is 1. The fourth-order valence-electron chi connectivity index (χ4n) is 2.73. The van der Waals surface area contributed by atoms with Crippen molar-refractivity contribution in [2.45, 2.75) is 52.2 Å². The molecule has 21 heavy (non-hydrogen) atoms. The van der Waals surface area contributed by atoms with Gasteiger partial charge in [-0.3, -0.25) is 10.1 Å². The molecule has 2 atom stereocenters. The second-order valence-electron chi connectivity index (χ2n) is 5.53. The summed E-state index contributed by atoms with van der Waals surface area (Å²) < 4.78 is 5.47. The minimum Gasteiger partial charge on any atom is -0.494 e. The Morgan fingerprint density at radius 3 is 2.52 bits per heavy atom. The number of rotatable bonds is 7. The van der Waals surface area contributed by atoms with Crippen molar-refractivity contribution in [2.24, 2.45) is 0 Å². The van der Waals surface area contributed by atoms with Gasteiger partial charge in [0.2, 0.25) is 5.91 Å². The summed E-state index contributed by atoms with van der Waals surface area (Å²) in [6, 6.07) is 7.92. The highest BCUT2D eigenvalue weighted by atomic mass is 16.5. The maximum absolute atomic E-state index is 12.3. The Balaban J connectivity index is 2.09. The molecule has 1 aliphatic rings. The summed E-state index contributed by atoms with van der Waals surface area (Å²) in [7, 11) is 0. The van der Waals surface area contributed by atoms with Gasteiger partial charge in [0.05, 0.1) is 12.6 Å². The molecule has 0 aromatic heterocycles. The number of carbonyl (C=O) groups excluding carboxylic acids is 1. The number of hydrogen-bond acceptors (Lipinski definition) is 3. The summed E-state index contributed by atoms with van der Waals surface area (Å²) in [6.07, 6.45) is 3.37. The minimum atomic E-state index is -0.108. The topological polar surface area (TPSA) is 41.6 Å². The molecule has 2 unspecified atom stereocenters. The van der Waals surface area contributed by atoms with Gasteiger partial charge < -0.3 is 9.64 Å². The fraction of sp³-hybridized carbons (Fsp3) is 0.588. The highest BCUT2D eigenvalue weighted by molar-refractivity contribution is 5.84. The first-order valence-electron chi connectivity index (χ1n) is 7.96. The molecule has 1 saturated heterocycles. The molecule has 1 fully saturated rings. The first-order valence-corrected chi connectivity index (χ1v) is 7.96. The van der Waals surface area contributed by atoms with Gasteiger partial charge in [-0.2, -0.15) is 0 Å². The number of nitrogens with zero attached hydrogens (tertiary/aromatic N) is 1. The fourth-order valence-corrected chi connectivity index (χ4v) is 2.73. The first-order chi connectivity index (χ1) is 10.2. The minimum absolute atomic E-state index is 0.0139. The van der Waals surface area contributed by atoms with Crippen molar-refractivity contribution in [2.75, 3.05) is 13.2 Å². The third-order valence-electron chi connectivity index (χ3n) is 3.88. The Kier molecular flexibility index (Phi) is 5.62. The Hall–Kier alpha value is -1.55. The second kappa shape index (κ2) is 7.46. The summed E-state index contributed by atoms with van der Waals surface area (Å²) in [5.41, 5.74) is 1.12. The lowest BCUT2D eigenvalue weighted by Crippen LogP contribution is -2.31. The van der Waals surface area contributed by atoms with Crippen LogP contribution in [0.15, 0.2) is 24.3 Å². The summed E-state index contributed by atoms with van der Waals surface area (Å²) in [5, 5.41) is 3.38. The van der Waals surface area contributed by atoms with Gasteiger partial charge in [-0.1, -0.05) is 31.9 Å². The number of ether oxygens (including phenoxy) is 1. The average Bonchev–Trinajstić information content (AvgIpc) is 2.77. The smallest absolute Gasteiger partial charge is 0.241 e. The van der Waals surface area contributed by atoms with Crippen molar-refractivity contribution in [3.05, 3.63) is 29.8 Å². The zero-order chi connectivity index (χ0) is 15.2. The quantitative estimate of drug-likeness (QED) is 0.785. The summed E-state index contributed by atoms with van der Waals surface area (Å²) >= 11 is 0. The highest BCUT2D eigenvalue weighted by Crippen LogP contribution is 2.27. The molecule has 0 radical (unpaired) electrons. The molecule has 0 aliphatic carbocycles. The first kappa shape index (κ1) is 15.8. The maximum atomic E-state index is 12.3. The van der Waals surface area contributed by atoms with E-state index in [0.29, 0.717) is 6.61 Å². The highest BCUT2D eigenvalue weighted by Gasteiger charge is 2.36. The molecule has 0 bridgehead atoms. The number of unbranched alkanes of at least 4 members (excludes halogenated alkanes) is 2. The van der Waals surface area contributed by atoms with E-state index in [-0.39, 0.29) is 18.1 Å². The number of carbonyl (C=O) groups is 1. The lowest BCUT2D eigenvalue weighted by Gasteiger charge is -2.24. The number of nitrogens with one attached hydrogen (secondary N) is 1. The summed E-state index contributed by atoms with van der Waals surface area (Å²) in [4.78, 5) is 14.3. The molecule has 1 amide bonds. The standard InChI is InChI=1S/C17H26N2O2/c1-4-6-7-12-19-16(18-13(3)17(19)20)14-8-10-15(11-9-14)21-5-2/h8-11,13,16,18H,4-7,12H2,1-3H3. The van der Waals surface area contributed by atoms with E-state index < -0.39 is 0 Å². The van der Waals surface area contributed by atoms with Gasteiger partial charge in [-0.05, 0) is 38.0 Å². The van der Waals surface area contributed by atoms with E-state index in [4.69, 9.17) is 4.74 Å². The molecule has 0 saturated carbocycles. The van der Waals surface area contributed by atoms with Crippen LogP contribution in [0.4, 0.5) is 0 Å². The van der Waals surface area contributed by atoms with Crippen molar-refractivity contribution in [3.8, 4) is 5.75 Å². The Bertz CT molecular complexity index is 458. The molecule has 1 N–H and O–H groups in total. The maximum Gasteiger partial charge on any atom is 0.241 e. The Morgan fingerprint density at radius 1 is 1.19 bits per heavy atom. The van der Waals surface area contributed by atoms with Crippen LogP contribution in [0.2, 0.25) is 0 Å². The monoisotopic (exact) mass is 290 g/mol. The van der Waals surface area contributed by atoms with Crippen LogP contribution in [0.3, 0.4) is 0 Å². The number of benzene rings is 1.